The lowest BCUT2D eigenvalue weighted by molar-refractivity contribution is -0.128. The fraction of sp³-hybridized carbons (Fsp3) is 0.350. The van der Waals surface area contributed by atoms with E-state index in [-0.39, 0.29) is 6.42 Å². The molecule has 0 aliphatic rings. The van der Waals surface area contributed by atoms with E-state index in [0.29, 0.717) is 12.4 Å². The van der Waals surface area contributed by atoms with E-state index in [0.717, 1.165) is 43.8 Å². The predicted molar refractivity (Wildman–Crippen MR) is 125 cm³/mol. The molecule has 0 saturated heterocycles. The Labute approximate surface area is 192 Å². The van der Waals surface area contributed by atoms with Gasteiger partial charge in [0.25, 0.3) is 0 Å². The van der Waals surface area contributed by atoms with Gasteiger partial charge in [-0.15, -0.1) is 0 Å². The van der Waals surface area contributed by atoms with Crippen LogP contribution in [0, 0.1) is 7.14 Å². The van der Waals surface area contributed by atoms with Crippen molar-refractivity contribution in [3.8, 4) is 17.2 Å². The predicted octanol–water partition coefficient (Wildman–Crippen LogP) is 4.46. The quantitative estimate of drug-likeness (QED) is 0.237. The standard InChI is InChI=1S/C20H24I2N2O4/c1-3-24(4-2)9-10-27-15-5-7-16(8-6-15)28-20-17(21)11-14(12-18(20)22)13-19(25)23-26/h5-8,11-12,26H,3-4,9-10,13H2,1-2H3,(H,23,25). The first-order chi connectivity index (χ1) is 13.5. The number of benzene rings is 2. The van der Waals surface area contributed by atoms with E-state index in [1.54, 1.807) is 5.48 Å². The molecular formula is C20H24I2N2O4. The summed E-state index contributed by atoms with van der Waals surface area (Å²) in [4.78, 5) is 13.7. The molecule has 0 spiro atoms. The molecule has 2 aromatic carbocycles. The van der Waals surface area contributed by atoms with Gasteiger partial charge >= 0.3 is 0 Å². The number of halogens is 2. The Kier molecular flexibility index (Phi) is 9.75. The lowest BCUT2D eigenvalue weighted by Gasteiger charge is -2.18. The van der Waals surface area contributed by atoms with Gasteiger partial charge in [-0.25, -0.2) is 5.48 Å². The highest BCUT2D eigenvalue weighted by molar-refractivity contribution is 14.1. The van der Waals surface area contributed by atoms with Crippen LogP contribution in [0.25, 0.3) is 0 Å². The number of amides is 1. The van der Waals surface area contributed by atoms with Crippen molar-refractivity contribution in [1.82, 2.24) is 10.4 Å². The molecular weight excluding hydrogens is 586 g/mol. The van der Waals surface area contributed by atoms with Crippen molar-refractivity contribution >= 4 is 51.1 Å². The van der Waals surface area contributed by atoms with Gasteiger partial charge in [0.05, 0.1) is 13.6 Å². The minimum absolute atomic E-state index is 0.113. The van der Waals surface area contributed by atoms with Crippen molar-refractivity contribution in [2.45, 2.75) is 20.3 Å². The van der Waals surface area contributed by atoms with Crippen LogP contribution in [0.4, 0.5) is 0 Å². The molecule has 0 heterocycles. The van der Waals surface area contributed by atoms with Gasteiger partial charge < -0.3 is 14.4 Å². The molecule has 0 aliphatic carbocycles. The molecule has 28 heavy (non-hydrogen) atoms. The Hall–Kier alpha value is -1.11. The van der Waals surface area contributed by atoms with Crippen molar-refractivity contribution in [1.29, 1.82) is 0 Å². The topological polar surface area (TPSA) is 71.0 Å². The fourth-order valence-electron chi connectivity index (χ4n) is 2.59. The summed E-state index contributed by atoms with van der Waals surface area (Å²) in [6, 6.07) is 11.3. The second-order valence-corrected chi connectivity index (χ2v) is 8.37. The molecule has 8 heteroatoms. The summed E-state index contributed by atoms with van der Waals surface area (Å²) in [5, 5.41) is 8.67. The van der Waals surface area contributed by atoms with E-state index in [2.05, 4.69) is 63.9 Å². The number of hydrogen-bond donors (Lipinski definition) is 2. The second-order valence-electron chi connectivity index (χ2n) is 6.05. The number of hydroxylamine groups is 1. The van der Waals surface area contributed by atoms with Crippen molar-refractivity contribution in [3.63, 3.8) is 0 Å². The van der Waals surface area contributed by atoms with E-state index < -0.39 is 5.91 Å². The third-order valence-corrected chi connectivity index (χ3v) is 5.76. The van der Waals surface area contributed by atoms with Crippen LogP contribution in [0.15, 0.2) is 36.4 Å². The van der Waals surface area contributed by atoms with Crippen LogP contribution in [0.2, 0.25) is 0 Å². The smallest absolute Gasteiger partial charge is 0.247 e. The number of nitrogens with one attached hydrogen (secondary N) is 1. The Balaban J connectivity index is 1.99. The monoisotopic (exact) mass is 610 g/mol. The van der Waals surface area contributed by atoms with Crippen molar-refractivity contribution < 1.29 is 19.5 Å². The molecule has 0 saturated carbocycles. The van der Waals surface area contributed by atoms with E-state index >= 15 is 0 Å². The van der Waals surface area contributed by atoms with Gasteiger partial charge in [-0.3, -0.25) is 10.0 Å². The van der Waals surface area contributed by atoms with Crippen molar-refractivity contribution in [3.05, 3.63) is 49.1 Å². The van der Waals surface area contributed by atoms with Crippen LogP contribution in [0.3, 0.4) is 0 Å². The highest BCUT2D eigenvalue weighted by atomic mass is 127. The van der Waals surface area contributed by atoms with Gasteiger partial charge in [0.1, 0.15) is 18.1 Å². The Bertz CT molecular complexity index is 757. The third kappa shape index (κ3) is 7.05. The lowest BCUT2D eigenvalue weighted by atomic mass is 10.1. The first kappa shape index (κ1) is 23.2. The van der Waals surface area contributed by atoms with E-state index in [1.165, 1.54) is 0 Å². The van der Waals surface area contributed by atoms with Crippen LogP contribution >= 0.6 is 45.2 Å². The van der Waals surface area contributed by atoms with Gasteiger partial charge in [0.15, 0.2) is 5.75 Å². The molecule has 0 bridgehead atoms. The number of nitrogens with zero attached hydrogens (tertiary/aromatic N) is 1. The number of rotatable bonds is 10. The number of hydrogen-bond acceptors (Lipinski definition) is 5. The normalized spacial score (nSPS) is 10.8. The molecule has 152 valence electrons. The zero-order valence-electron chi connectivity index (χ0n) is 15.9. The summed E-state index contributed by atoms with van der Waals surface area (Å²) in [6.07, 6.45) is 0.113. The first-order valence-corrected chi connectivity index (χ1v) is 11.2. The van der Waals surface area contributed by atoms with Crippen LogP contribution in [-0.2, 0) is 11.2 Å². The molecule has 0 radical (unpaired) electrons. The molecule has 0 aliphatic heterocycles. The third-order valence-electron chi connectivity index (χ3n) is 4.16. The number of carbonyl (C=O) groups is 1. The fourth-order valence-corrected chi connectivity index (χ4v) is 4.71. The van der Waals surface area contributed by atoms with E-state index in [9.17, 15) is 4.79 Å². The lowest BCUT2D eigenvalue weighted by Crippen LogP contribution is -2.27. The maximum absolute atomic E-state index is 11.3. The van der Waals surface area contributed by atoms with Gasteiger partial charge in [-0.05, 0) is 100 Å². The average Bonchev–Trinajstić information content (AvgIpc) is 2.69. The van der Waals surface area contributed by atoms with Crippen LogP contribution in [-0.4, -0.2) is 42.3 Å². The summed E-state index contributed by atoms with van der Waals surface area (Å²) in [5.41, 5.74) is 2.46. The molecule has 0 atom stereocenters. The summed E-state index contributed by atoms with van der Waals surface area (Å²) in [5.74, 6) is 1.82. The molecule has 0 fully saturated rings. The zero-order chi connectivity index (χ0) is 20.5. The highest BCUT2D eigenvalue weighted by Gasteiger charge is 2.12. The van der Waals surface area contributed by atoms with E-state index in [4.69, 9.17) is 14.7 Å². The molecule has 2 rings (SSSR count). The molecule has 1 amide bonds. The van der Waals surface area contributed by atoms with Gasteiger partial charge in [0.2, 0.25) is 5.91 Å². The number of carbonyl (C=O) groups excluding carboxylic acids is 1. The maximum atomic E-state index is 11.3. The van der Waals surface area contributed by atoms with Gasteiger partial charge in [0, 0.05) is 6.54 Å². The minimum Gasteiger partial charge on any atom is -0.492 e. The Morgan fingerprint density at radius 2 is 1.64 bits per heavy atom. The average molecular weight is 610 g/mol. The van der Waals surface area contributed by atoms with Crippen molar-refractivity contribution in [2.75, 3.05) is 26.2 Å². The Morgan fingerprint density at radius 1 is 1.07 bits per heavy atom. The van der Waals surface area contributed by atoms with Gasteiger partial charge in [-0.1, -0.05) is 13.8 Å². The first-order valence-electron chi connectivity index (χ1n) is 9.00. The van der Waals surface area contributed by atoms with Crippen LogP contribution in [0.5, 0.6) is 17.2 Å². The molecule has 0 aromatic heterocycles. The molecule has 6 nitrogen and oxygen atoms in total. The van der Waals surface area contributed by atoms with Gasteiger partial charge in [-0.2, -0.15) is 0 Å². The number of ether oxygens (including phenoxy) is 2. The summed E-state index contributed by atoms with van der Waals surface area (Å²) in [6.45, 7) is 7.89. The minimum atomic E-state index is -0.447. The Morgan fingerprint density at radius 3 is 2.18 bits per heavy atom. The summed E-state index contributed by atoms with van der Waals surface area (Å²) < 4.78 is 13.6. The maximum Gasteiger partial charge on any atom is 0.247 e. The highest BCUT2D eigenvalue weighted by Crippen LogP contribution is 2.33. The molecule has 2 N–H and O–H groups in total. The SMILES string of the molecule is CCN(CC)CCOc1ccc(Oc2c(I)cc(CC(=O)NO)cc2I)cc1. The van der Waals surface area contributed by atoms with E-state index in [1.807, 2.05) is 36.4 Å². The largest absolute Gasteiger partial charge is 0.492 e. The number of likely N-dealkylation sites (N-methyl/N-ethyl adjacent to an activating group) is 1. The second kappa shape index (κ2) is 11.8. The van der Waals surface area contributed by atoms with Crippen molar-refractivity contribution in [2.24, 2.45) is 0 Å². The zero-order valence-corrected chi connectivity index (χ0v) is 20.2. The van der Waals surface area contributed by atoms with Crippen LogP contribution in [0.1, 0.15) is 19.4 Å². The van der Waals surface area contributed by atoms with Crippen LogP contribution < -0.4 is 15.0 Å². The summed E-state index contributed by atoms with van der Waals surface area (Å²) in [7, 11) is 0. The summed E-state index contributed by atoms with van der Waals surface area (Å²) >= 11 is 4.36. The molecule has 2 aromatic rings. The molecule has 0 unspecified atom stereocenters.